The van der Waals surface area contributed by atoms with Gasteiger partial charge in [0.1, 0.15) is 12.4 Å². The summed E-state index contributed by atoms with van der Waals surface area (Å²) in [7, 11) is 0. The lowest BCUT2D eigenvalue weighted by Gasteiger charge is -2.10. The van der Waals surface area contributed by atoms with Crippen molar-refractivity contribution in [1.82, 2.24) is 10.3 Å². The van der Waals surface area contributed by atoms with Crippen LogP contribution in [0.1, 0.15) is 58.6 Å². The maximum atomic E-state index is 5.65. The van der Waals surface area contributed by atoms with Crippen molar-refractivity contribution in [3.63, 3.8) is 0 Å². The quantitative estimate of drug-likeness (QED) is 0.649. The molecule has 18 heavy (non-hydrogen) atoms. The number of rotatable bonds is 10. The third-order valence-corrected chi connectivity index (χ3v) is 2.85. The van der Waals surface area contributed by atoms with E-state index >= 15 is 0 Å². The second-order valence-electron chi connectivity index (χ2n) is 4.66. The van der Waals surface area contributed by atoms with E-state index in [1.165, 1.54) is 25.7 Å². The van der Waals surface area contributed by atoms with E-state index in [-0.39, 0.29) is 6.10 Å². The second-order valence-corrected chi connectivity index (χ2v) is 4.66. The molecule has 1 heterocycles. The fourth-order valence-electron chi connectivity index (χ4n) is 1.77. The molecule has 0 bridgehead atoms. The lowest BCUT2D eigenvalue weighted by atomic mass is 10.1. The first kappa shape index (κ1) is 15.0. The van der Waals surface area contributed by atoms with Gasteiger partial charge in [0, 0.05) is 6.54 Å². The molecule has 0 aromatic carbocycles. The Bertz CT molecular complexity index is 312. The maximum Gasteiger partial charge on any atom is 0.393 e. The molecule has 1 unspecified atom stereocenters. The average molecular weight is 254 g/mol. The predicted molar refractivity (Wildman–Crippen MR) is 72.7 cm³/mol. The third kappa shape index (κ3) is 6.05. The first-order valence-electron chi connectivity index (χ1n) is 7.08. The molecule has 1 N–H and O–H groups in total. The zero-order valence-corrected chi connectivity index (χ0v) is 11.9. The number of unbranched alkanes of at least 4 members (excludes halogenated alkanes) is 3. The van der Waals surface area contributed by atoms with Crippen molar-refractivity contribution in [2.75, 3.05) is 6.54 Å². The van der Waals surface area contributed by atoms with Crippen molar-refractivity contribution >= 4 is 0 Å². The lowest BCUT2D eigenvalue weighted by Crippen LogP contribution is -2.13. The van der Waals surface area contributed by atoms with E-state index in [1.807, 2.05) is 0 Å². The van der Waals surface area contributed by atoms with Crippen molar-refractivity contribution in [3.05, 3.63) is 12.0 Å². The number of aromatic nitrogens is 1. The van der Waals surface area contributed by atoms with Crippen LogP contribution in [0.5, 0.6) is 6.08 Å². The molecule has 0 aliphatic carbocycles. The number of hydrogen-bond acceptors (Lipinski definition) is 4. The number of hydrogen-bond donors (Lipinski definition) is 1. The number of nitrogens with one attached hydrogen (secondary N) is 1. The largest absolute Gasteiger partial charge is 0.447 e. The zero-order valence-electron chi connectivity index (χ0n) is 11.9. The van der Waals surface area contributed by atoms with Crippen molar-refractivity contribution < 1.29 is 9.15 Å². The van der Waals surface area contributed by atoms with Gasteiger partial charge in [0.2, 0.25) is 0 Å². The van der Waals surface area contributed by atoms with E-state index in [4.69, 9.17) is 9.15 Å². The topological polar surface area (TPSA) is 47.3 Å². The SMILES string of the molecule is CCCCCCC(C)Oc1nc(CNCC)co1. The van der Waals surface area contributed by atoms with Crippen LogP contribution in [-0.2, 0) is 6.54 Å². The van der Waals surface area contributed by atoms with Crippen LogP contribution in [0.25, 0.3) is 0 Å². The van der Waals surface area contributed by atoms with E-state index < -0.39 is 0 Å². The van der Waals surface area contributed by atoms with Crippen LogP contribution in [0.4, 0.5) is 0 Å². The van der Waals surface area contributed by atoms with Crippen LogP contribution in [-0.4, -0.2) is 17.6 Å². The highest BCUT2D eigenvalue weighted by Crippen LogP contribution is 2.15. The minimum absolute atomic E-state index is 0.174. The van der Waals surface area contributed by atoms with E-state index in [1.54, 1.807) is 6.26 Å². The van der Waals surface area contributed by atoms with Gasteiger partial charge in [-0.25, -0.2) is 0 Å². The van der Waals surface area contributed by atoms with Crippen LogP contribution in [0.2, 0.25) is 0 Å². The Morgan fingerprint density at radius 3 is 2.89 bits per heavy atom. The Morgan fingerprint density at radius 2 is 2.17 bits per heavy atom. The van der Waals surface area contributed by atoms with Crippen molar-refractivity contribution in [2.45, 2.75) is 65.5 Å². The summed E-state index contributed by atoms with van der Waals surface area (Å²) in [6.07, 6.45) is 8.34. The monoisotopic (exact) mass is 254 g/mol. The van der Waals surface area contributed by atoms with E-state index in [0.29, 0.717) is 6.08 Å². The van der Waals surface area contributed by atoms with Crippen LogP contribution in [0.15, 0.2) is 10.7 Å². The number of oxazole rings is 1. The fourth-order valence-corrected chi connectivity index (χ4v) is 1.77. The predicted octanol–water partition coefficient (Wildman–Crippen LogP) is 3.52. The Hall–Kier alpha value is -1.03. The molecule has 0 saturated heterocycles. The molecule has 0 radical (unpaired) electrons. The lowest BCUT2D eigenvalue weighted by molar-refractivity contribution is 0.151. The molecule has 4 nitrogen and oxygen atoms in total. The molecule has 0 saturated carbocycles. The molecule has 104 valence electrons. The molecule has 4 heteroatoms. The van der Waals surface area contributed by atoms with Crippen LogP contribution >= 0.6 is 0 Å². The third-order valence-electron chi connectivity index (χ3n) is 2.85. The fraction of sp³-hybridized carbons (Fsp3) is 0.786. The van der Waals surface area contributed by atoms with Gasteiger partial charge in [-0.15, -0.1) is 0 Å². The Morgan fingerprint density at radius 1 is 1.33 bits per heavy atom. The highest BCUT2D eigenvalue weighted by molar-refractivity contribution is 4.99. The van der Waals surface area contributed by atoms with E-state index in [2.05, 4.69) is 31.1 Å². The Kier molecular flexibility index (Phi) is 7.49. The Labute approximate surface area is 110 Å². The first-order chi connectivity index (χ1) is 8.76. The summed E-state index contributed by atoms with van der Waals surface area (Å²) in [6, 6.07) is 0. The molecule has 1 aromatic rings. The summed E-state index contributed by atoms with van der Waals surface area (Å²) in [5.74, 6) is 0. The van der Waals surface area contributed by atoms with Gasteiger partial charge in [0.25, 0.3) is 0 Å². The second kappa shape index (κ2) is 8.97. The van der Waals surface area contributed by atoms with Gasteiger partial charge in [-0.05, 0) is 26.3 Å². The minimum Gasteiger partial charge on any atom is -0.447 e. The first-order valence-corrected chi connectivity index (χ1v) is 7.08. The van der Waals surface area contributed by atoms with E-state index in [0.717, 1.165) is 25.2 Å². The van der Waals surface area contributed by atoms with Gasteiger partial charge in [0.15, 0.2) is 0 Å². The highest BCUT2D eigenvalue weighted by Gasteiger charge is 2.09. The molecule has 0 aliphatic heterocycles. The zero-order chi connectivity index (χ0) is 13.2. The molecular formula is C14H26N2O2. The average Bonchev–Trinajstić information content (AvgIpc) is 2.80. The van der Waals surface area contributed by atoms with Gasteiger partial charge in [0.05, 0.1) is 5.69 Å². The minimum atomic E-state index is 0.174. The summed E-state index contributed by atoms with van der Waals surface area (Å²) < 4.78 is 10.9. The summed E-state index contributed by atoms with van der Waals surface area (Å²) in [4.78, 5) is 4.28. The van der Waals surface area contributed by atoms with Gasteiger partial charge in [-0.2, -0.15) is 4.98 Å². The number of ether oxygens (including phenoxy) is 1. The normalized spacial score (nSPS) is 12.6. The standard InChI is InChI=1S/C14H26N2O2/c1-4-6-7-8-9-12(3)18-14-16-13(11-17-14)10-15-5-2/h11-12,15H,4-10H2,1-3H3. The van der Waals surface area contributed by atoms with Gasteiger partial charge >= 0.3 is 6.08 Å². The maximum absolute atomic E-state index is 5.65. The smallest absolute Gasteiger partial charge is 0.393 e. The molecule has 1 aromatic heterocycles. The highest BCUT2D eigenvalue weighted by atomic mass is 16.6. The van der Waals surface area contributed by atoms with Crippen LogP contribution in [0, 0.1) is 0 Å². The van der Waals surface area contributed by atoms with Gasteiger partial charge in [-0.1, -0.05) is 33.1 Å². The molecule has 0 fully saturated rings. The van der Waals surface area contributed by atoms with E-state index in [9.17, 15) is 0 Å². The summed E-state index contributed by atoms with van der Waals surface area (Å²) >= 11 is 0. The summed E-state index contributed by atoms with van der Waals surface area (Å²) in [6.45, 7) is 8.01. The van der Waals surface area contributed by atoms with Crippen LogP contribution < -0.4 is 10.1 Å². The molecule has 0 spiro atoms. The number of nitrogens with zero attached hydrogens (tertiary/aromatic N) is 1. The molecular weight excluding hydrogens is 228 g/mol. The van der Waals surface area contributed by atoms with Crippen LogP contribution in [0.3, 0.4) is 0 Å². The molecule has 1 rings (SSSR count). The molecule has 0 amide bonds. The Balaban J connectivity index is 2.22. The van der Waals surface area contributed by atoms with Crippen molar-refractivity contribution in [2.24, 2.45) is 0 Å². The summed E-state index contributed by atoms with van der Waals surface area (Å²) in [5.41, 5.74) is 0.894. The molecule has 0 aliphatic rings. The summed E-state index contributed by atoms with van der Waals surface area (Å²) in [5, 5.41) is 3.20. The van der Waals surface area contributed by atoms with Crippen molar-refractivity contribution in [1.29, 1.82) is 0 Å². The molecule has 1 atom stereocenters. The van der Waals surface area contributed by atoms with Crippen molar-refractivity contribution in [3.8, 4) is 6.08 Å². The van der Waals surface area contributed by atoms with Gasteiger partial charge < -0.3 is 14.5 Å². The van der Waals surface area contributed by atoms with Gasteiger partial charge in [-0.3, -0.25) is 0 Å².